The second-order valence-corrected chi connectivity index (χ2v) is 4.83. The number of benzene rings is 2. The highest BCUT2D eigenvalue weighted by atomic mass is 16.3. The molecule has 0 amide bonds. The number of H-pyrrole nitrogens is 1. The van der Waals surface area contributed by atoms with E-state index in [0.29, 0.717) is 0 Å². The molecule has 1 atom stereocenters. The lowest BCUT2D eigenvalue weighted by Gasteiger charge is -2.05. The minimum absolute atomic E-state index is 0.466. The van der Waals surface area contributed by atoms with E-state index >= 15 is 0 Å². The van der Waals surface area contributed by atoms with E-state index in [9.17, 15) is 5.11 Å². The third kappa shape index (κ3) is 2.49. The molecule has 3 heteroatoms. The summed E-state index contributed by atoms with van der Waals surface area (Å²) in [7, 11) is 0. The highest BCUT2D eigenvalue weighted by Gasteiger charge is 2.07. The molecule has 0 spiro atoms. The Labute approximate surface area is 117 Å². The van der Waals surface area contributed by atoms with Crippen LogP contribution in [0.15, 0.2) is 60.7 Å². The van der Waals surface area contributed by atoms with Crippen LogP contribution in [0.5, 0.6) is 0 Å². The van der Waals surface area contributed by atoms with Crippen LogP contribution in [0, 0.1) is 0 Å². The van der Waals surface area contributed by atoms with Crippen molar-refractivity contribution < 1.29 is 5.11 Å². The van der Waals surface area contributed by atoms with Crippen molar-refractivity contribution in [3.8, 4) is 22.5 Å². The van der Waals surface area contributed by atoms with Crippen molar-refractivity contribution in [2.24, 2.45) is 0 Å². The lowest BCUT2D eigenvalue weighted by atomic mass is 10.0. The Kier molecular flexibility index (Phi) is 3.35. The number of rotatable bonds is 3. The smallest absolute Gasteiger partial charge is 0.0927 e. The van der Waals surface area contributed by atoms with E-state index in [1.165, 1.54) is 0 Å². The first kappa shape index (κ1) is 12.6. The molecule has 3 nitrogen and oxygen atoms in total. The summed E-state index contributed by atoms with van der Waals surface area (Å²) in [6.45, 7) is 1.77. The normalized spacial score (nSPS) is 12.3. The average Bonchev–Trinajstić information content (AvgIpc) is 2.98. The number of aromatic amines is 1. The van der Waals surface area contributed by atoms with E-state index in [2.05, 4.69) is 10.2 Å². The van der Waals surface area contributed by atoms with Gasteiger partial charge in [0, 0.05) is 5.56 Å². The van der Waals surface area contributed by atoms with Crippen molar-refractivity contribution >= 4 is 0 Å². The van der Waals surface area contributed by atoms with E-state index in [0.717, 1.165) is 28.1 Å². The molecule has 0 radical (unpaired) electrons. The zero-order valence-electron chi connectivity index (χ0n) is 11.2. The standard InChI is InChI=1S/C17H16N2O/c1-12(20)14-8-5-9-15(10-14)17-11-16(18-19-17)13-6-3-2-4-7-13/h2-12,20H,1H3,(H,18,19). The van der Waals surface area contributed by atoms with Crippen molar-refractivity contribution in [3.63, 3.8) is 0 Å². The molecule has 0 saturated carbocycles. The maximum atomic E-state index is 9.65. The largest absolute Gasteiger partial charge is 0.389 e. The lowest BCUT2D eigenvalue weighted by molar-refractivity contribution is 0.199. The minimum Gasteiger partial charge on any atom is -0.389 e. The molecular formula is C17H16N2O. The maximum absolute atomic E-state index is 9.65. The molecule has 1 unspecified atom stereocenters. The fourth-order valence-electron chi connectivity index (χ4n) is 2.19. The van der Waals surface area contributed by atoms with Crippen LogP contribution >= 0.6 is 0 Å². The van der Waals surface area contributed by atoms with Crippen LogP contribution in [0.2, 0.25) is 0 Å². The first-order chi connectivity index (χ1) is 9.74. The zero-order chi connectivity index (χ0) is 13.9. The van der Waals surface area contributed by atoms with E-state index < -0.39 is 6.10 Å². The summed E-state index contributed by atoms with van der Waals surface area (Å²) in [6, 6.07) is 19.9. The van der Waals surface area contributed by atoms with Gasteiger partial charge in [0.15, 0.2) is 0 Å². The molecule has 0 aliphatic carbocycles. The molecule has 0 bridgehead atoms. The first-order valence-electron chi connectivity index (χ1n) is 6.63. The Morgan fingerprint density at radius 2 is 1.70 bits per heavy atom. The molecule has 20 heavy (non-hydrogen) atoms. The van der Waals surface area contributed by atoms with Crippen LogP contribution in [0.3, 0.4) is 0 Å². The first-order valence-corrected chi connectivity index (χ1v) is 6.63. The molecular weight excluding hydrogens is 248 g/mol. The highest BCUT2D eigenvalue weighted by Crippen LogP contribution is 2.25. The molecule has 3 rings (SSSR count). The van der Waals surface area contributed by atoms with Crippen molar-refractivity contribution in [1.82, 2.24) is 10.2 Å². The molecule has 2 aromatic carbocycles. The third-order valence-corrected chi connectivity index (χ3v) is 3.33. The maximum Gasteiger partial charge on any atom is 0.0927 e. The van der Waals surface area contributed by atoms with E-state index in [4.69, 9.17) is 0 Å². The van der Waals surface area contributed by atoms with Crippen LogP contribution in [-0.2, 0) is 0 Å². The summed E-state index contributed by atoms with van der Waals surface area (Å²) in [4.78, 5) is 0. The van der Waals surface area contributed by atoms with Gasteiger partial charge in [-0.1, -0.05) is 48.5 Å². The molecule has 0 aliphatic rings. The lowest BCUT2D eigenvalue weighted by Crippen LogP contribution is -1.90. The Morgan fingerprint density at radius 1 is 0.950 bits per heavy atom. The van der Waals surface area contributed by atoms with Gasteiger partial charge < -0.3 is 5.11 Å². The molecule has 0 fully saturated rings. The number of hydrogen-bond acceptors (Lipinski definition) is 2. The zero-order valence-corrected chi connectivity index (χ0v) is 11.2. The number of aliphatic hydroxyl groups is 1. The van der Waals surface area contributed by atoms with Crippen molar-refractivity contribution in [2.45, 2.75) is 13.0 Å². The number of aliphatic hydroxyl groups excluding tert-OH is 1. The molecule has 2 N–H and O–H groups in total. The summed E-state index contributed by atoms with van der Waals surface area (Å²) in [6.07, 6.45) is -0.466. The van der Waals surface area contributed by atoms with Gasteiger partial charge in [-0.2, -0.15) is 5.10 Å². The monoisotopic (exact) mass is 264 g/mol. The van der Waals surface area contributed by atoms with Crippen LogP contribution in [0.4, 0.5) is 0 Å². The van der Waals surface area contributed by atoms with E-state index in [-0.39, 0.29) is 0 Å². The molecule has 1 heterocycles. The fraction of sp³-hybridized carbons (Fsp3) is 0.118. The summed E-state index contributed by atoms with van der Waals surface area (Å²) in [5, 5.41) is 17.1. The molecule has 0 saturated heterocycles. The number of nitrogens with one attached hydrogen (secondary N) is 1. The van der Waals surface area contributed by atoms with Crippen molar-refractivity contribution in [2.75, 3.05) is 0 Å². The summed E-state index contributed by atoms with van der Waals surface area (Å²) >= 11 is 0. The van der Waals surface area contributed by atoms with Crippen LogP contribution in [0.1, 0.15) is 18.6 Å². The second kappa shape index (κ2) is 5.31. The Bertz CT molecular complexity index is 702. The Hall–Kier alpha value is -2.39. The fourth-order valence-corrected chi connectivity index (χ4v) is 2.19. The van der Waals surface area contributed by atoms with Crippen molar-refractivity contribution in [1.29, 1.82) is 0 Å². The van der Waals surface area contributed by atoms with Gasteiger partial charge in [0.1, 0.15) is 0 Å². The summed E-state index contributed by atoms with van der Waals surface area (Å²) < 4.78 is 0. The Balaban J connectivity index is 1.96. The summed E-state index contributed by atoms with van der Waals surface area (Å²) in [5.74, 6) is 0. The van der Waals surface area contributed by atoms with E-state index in [1.54, 1.807) is 6.92 Å². The van der Waals surface area contributed by atoms with Gasteiger partial charge in [-0.25, -0.2) is 0 Å². The SMILES string of the molecule is CC(O)c1cccc(-c2cc(-c3ccccc3)n[nH]2)c1. The van der Waals surface area contributed by atoms with Gasteiger partial charge in [-0.15, -0.1) is 0 Å². The van der Waals surface area contributed by atoms with Gasteiger partial charge in [-0.3, -0.25) is 5.10 Å². The third-order valence-electron chi connectivity index (χ3n) is 3.33. The van der Waals surface area contributed by atoms with Gasteiger partial charge >= 0.3 is 0 Å². The van der Waals surface area contributed by atoms with Gasteiger partial charge in [-0.05, 0) is 30.2 Å². The quantitative estimate of drug-likeness (QED) is 0.756. The van der Waals surface area contributed by atoms with E-state index in [1.807, 2.05) is 60.7 Å². The van der Waals surface area contributed by atoms with Crippen LogP contribution in [-0.4, -0.2) is 15.3 Å². The molecule has 3 aromatic rings. The molecule has 1 aromatic heterocycles. The van der Waals surface area contributed by atoms with Gasteiger partial charge in [0.2, 0.25) is 0 Å². The van der Waals surface area contributed by atoms with Crippen LogP contribution < -0.4 is 0 Å². The van der Waals surface area contributed by atoms with Crippen molar-refractivity contribution in [3.05, 3.63) is 66.2 Å². The molecule has 100 valence electrons. The number of hydrogen-bond donors (Lipinski definition) is 2. The highest BCUT2D eigenvalue weighted by molar-refractivity contribution is 5.68. The predicted octanol–water partition coefficient (Wildman–Crippen LogP) is 3.80. The summed E-state index contributed by atoms with van der Waals surface area (Å²) in [5.41, 5.74) is 4.88. The number of nitrogens with zero attached hydrogens (tertiary/aromatic N) is 1. The van der Waals surface area contributed by atoms with Crippen LogP contribution in [0.25, 0.3) is 22.5 Å². The predicted molar refractivity (Wildman–Crippen MR) is 80.1 cm³/mol. The minimum atomic E-state index is -0.466. The topological polar surface area (TPSA) is 48.9 Å². The van der Waals surface area contributed by atoms with Gasteiger partial charge in [0.05, 0.1) is 17.5 Å². The Morgan fingerprint density at radius 3 is 2.45 bits per heavy atom. The number of aromatic nitrogens is 2. The van der Waals surface area contributed by atoms with Gasteiger partial charge in [0.25, 0.3) is 0 Å². The second-order valence-electron chi connectivity index (χ2n) is 4.83. The molecule has 0 aliphatic heterocycles. The average molecular weight is 264 g/mol.